The van der Waals surface area contributed by atoms with Crippen molar-refractivity contribution < 1.29 is 14.2 Å². The third-order valence-corrected chi connectivity index (χ3v) is 9.85. The summed E-state index contributed by atoms with van der Waals surface area (Å²) < 4.78 is 20.9. The number of aromatic nitrogens is 1. The van der Waals surface area contributed by atoms with Gasteiger partial charge in [-0.3, -0.25) is 4.98 Å². The summed E-state index contributed by atoms with van der Waals surface area (Å²) in [5, 5.41) is 12.2. The van der Waals surface area contributed by atoms with E-state index < -0.39 is 6.17 Å². The van der Waals surface area contributed by atoms with E-state index in [1.165, 1.54) is 50.5 Å². The normalized spacial score (nSPS) is 20.2. The van der Waals surface area contributed by atoms with Crippen LogP contribution in [0.1, 0.15) is 75.9 Å². The molecule has 35 heavy (non-hydrogen) atoms. The van der Waals surface area contributed by atoms with Crippen LogP contribution in [0.4, 0.5) is 4.39 Å². The highest BCUT2D eigenvalue weighted by Gasteiger charge is 2.35. The lowest BCUT2D eigenvalue weighted by Gasteiger charge is -2.41. The third-order valence-electron chi connectivity index (χ3n) is 8.09. The molecule has 194 valence electrons. The molecule has 0 amide bonds. The molecule has 2 aliphatic rings. The van der Waals surface area contributed by atoms with Gasteiger partial charge in [-0.25, -0.2) is 4.39 Å². The molecule has 1 aliphatic heterocycles. The van der Waals surface area contributed by atoms with Gasteiger partial charge in [-0.2, -0.15) is 11.8 Å². The van der Waals surface area contributed by atoms with Crippen molar-refractivity contribution in [1.29, 1.82) is 0 Å². The SMILES string of the molecule is COc1ccc2ncc(Cl)c(C(F)CCC3(CO)CCN(CCCSC4CCCCC4)CC3)c2c1. The monoisotopic (exact) mass is 522 g/mol. The van der Waals surface area contributed by atoms with E-state index in [9.17, 15) is 5.11 Å². The highest BCUT2D eigenvalue weighted by molar-refractivity contribution is 7.99. The van der Waals surface area contributed by atoms with Gasteiger partial charge in [0.2, 0.25) is 0 Å². The van der Waals surface area contributed by atoms with Crippen molar-refractivity contribution in [3.63, 3.8) is 0 Å². The number of alkyl halides is 1. The van der Waals surface area contributed by atoms with Crippen LogP contribution >= 0.6 is 23.4 Å². The number of nitrogens with zero attached hydrogens (tertiary/aromatic N) is 2. The van der Waals surface area contributed by atoms with Crippen molar-refractivity contribution in [2.45, 2.75) is 75.6 Å². The minimum absolute atomic E-state index is 0.115. The predicted octanol–water partition coefficient (Wildman–Crippen LogP) is 7.22. The van der Waals surface area contributed by atoms with Gasteiger partial charge in [0, 0.05) is 29.0 Å². The molecular weight excluding hydrogens is 483 g/mol. The van der Waals surface area contributed by atoms with Gasteiger partial charge < -0.3 is 14.7 Å². The summed E-state index contributed by atoms with van der Waals surface area (Å²) in [6.45, 7) is 3.22. The van der Waals surface area contributed by atoms with Crippen molar-refractivity contribution >= 4 is 34.3 Å². The van der Waals surface area contributed by atoms with E-state index in [0.717, 1.165) is 37.7 Å². The quantitative estimate of drug-likeness (QED) is 0.316. The van der Waals surface area contributed by atoms with E-state index >= 15 is 4.39 Å². The number of benzene rings is 1. The molecule has 0 bridgehead atoms. The van der Waals surface area contributed by atoms with Gasteiger partial charge in [-0.1, -0.05) is 30.9 Å². The van der Waals surface area contributed by atoms with Gasteiger partial charge in [0.15, 0.2) is 0 Å². The number of hydrogen-bond acceptors (Lipinski definition) is 5. The zero-order valence-corrected chi connectivity index (χ0v) is 22.6. The number of rotatable bonds is 11. The van der Waals surface area contributed by atoms with Crippen LogP contribution in [-0.2, 0) is 0 Å². The number of hydrogen-bond donors (Lipinski definition) is 1. The molecule has 1 saturated carbocycles. The smallest absolute Gasteiger partial charge is 0.127 e. The summed E-state index contributed by atoms with van der Waals surface area (Å²) in [6.07, 6.45) is 11.4. The van der Waals surface area contributed by atoms with Crippen LogP contribution in [0.25, 0.3) is 10.9 Å². The van der Waals surface area contributed by atoms with Crippen molar-refractivity contribution in [3.05, 3.63) is 35.0 Å². The maximum atomic E-state index is 15.6. The molecule has 4 rings (SSSR count). The number of methoxy groups -OCH3 is 1. The van der Waals surface area contributed by atoms with Crippen LogP contribution in [0.15, 0.2) is 24.4 Å². The molecule has 7 heteroatoms. The number of ether oxygens (including phenoxy) is 1. The standard InChI is InChI=1S/C28H40ClFN2O2S/c1-34-21-8-9-26-23(18-21)27(24(29)19-31-26)25(30)10-11-28(20-33)12-15-32(16-13-28)14-5-17-35-22-6-3-2-4-7-22/h8-9,18-19,22,25,33H,2-7,10-17,20H2,1H3. The van der Waals surface area contributed by atoms with Crippen LogP contribution in [0, 0.1) is 5.41 Å². The summed E-state index contributed by atoms with van der Waals surface area (Å²) >= 11 is 8.58. The van der Waals surface area contributed by atoms with Crippen LogP contribution < -0.4 is 4.74 Å². The van der Waals surface area contributed by atoms with Gasteiger partial charge in [-0.15, -0.1) is 0 Å². The summed E-state index contributed by atoms with van der Waals surface area (Å²) in [5.41, 5.74) is 0.987. The van der Waals surface area contributed by atoms with E-state index in [1.54, 1.807) is 7.11 Å². The van der Waals surface area contributed by atoms with Crippen LogP contribution in [0.3, 0.4) is 0 Å². The Hall–Kier alpha value is -1.08. The summed E-state index contributed by atoms with van der Waals surface area (Å²) in [7, 11) is 1.60. The van der Waals surface area contributed by atoms with Gasteiger partial charge in [0.05, 0.1) is 17.6 Å². The molecule has 2 aromatic rings. The maximum absolute atomic E-state index is 15.6. The molecule has 1 saturated heterocycles. The first-order chi connectivity index (χ1) is 17.0. The number of likely N-dealkylation sites (tertiary alicyclic amines) is 1. The molecule has 1 N–H and O–H groups in total. The summed E-state index contributed by atoms with van der Waals surface area (Å²) in [6, 6.07) is 5.46. The Morgan fingerprint density at radius 2 is 2.03 bits per heavy atom. The molecule has 1 atom stereocenters. The third kappa shape index (κ3) is 7.03. The molecule has 1 aromatic heterocycles. The highest BCUT2D eigenvalue weighted by Crippen LogP contribution is 2.42. The Kier molecular flexibility index (Phi) is 9.97. The molecule has 1 aliphatic carbocycles. The van der Waals surface area contributed by atoms with Gasteiger partial charge in [-0.05, 0) is 93.9 Å². The Bertz CT molecular complexity index is 948. The second-order valence-electron chi connectivity index (χ2n) is 10.4. The lowest BCUT2D eigenvalue weighted by molar-refractivity contribution is 0.0304. The van der Waals surface area contributed by atoms with Gasteiger partial charge in [0.1, 0.15) is 11.9 Å². The summed E-state index contributed by atoms with van der Waals surface area (Å²) in [4.78, 5) is 6.87. The molecule has 0 radical (unpaired) electrons. The number of fused-ring (bicyclic) bond motifs is 1. The van der Waals surface area contributed by atoms with E-state index in [4.69, 9.17) is 16.3 Å². The minimum atomic E-state index is -1.21. The molecule has 1 unspecified atom stereocenters. The average molecular weight is 523 g/mol. The van der Waals surface area contributed by atoms with Crippen LogP contribution in [0.2, 0.25) is 5.02 Å². The van der Waals surface area contributed by atoms with Gasteiger partial charge in [0.25, 0.3) is 0 Å². The zero-order valence-electron chi connectivity index (χ0n) is 21.0. The van der Waals surface area contributed by atoms with Gasteiger partial charge >= 0.3 is 0 Å². The number of aliphatic hydroxyl groups is 1. The average Bonchev–Trinajstić information content (AvgIpc) is 2.90. The number of thioether (sulfide) groups is 1. The Morgan fingerprint density at radius 1 is 1.26 bits per heavy atom. The number of pyridine rings is 1. The Morgan fingerprint density at radius 3 is 2.74 bits per heavy atom. The van der Waals surface area contributed by atoms with E-state index in [0.29, 0.717) is 40.1 Å². The minimum Gasteiger partial charge on any atom is -0.497 e. The summed E-state index contributed by atoms with van der Waals surface area (Å²) in [5.74, 6) is 1.91. The first kappa shape index (κ1) is 27.0. The van der Waals surface area contributed by atoms with E-state index in [-0.39, 0.29) is 12.0 Å². The first-order valence-corrected chi connectivity index (χ1v) is 14.7. The Labute approximate surface area is 219 Å². The van der Waals surface area contributed by atoms with E-state index in [2.05, 4.69) is 21.6 Å². The second kappa shape index (κ2) is 12.9. The molecule has 1 aromatic carbocycles. The highest BCUT2D eigenvalue weighted by atomic mass is 35.5. The second-order valence-corrected chi connectivity index (χ2v) is 12.2. The number of piperidine rings is 1. The van der Waals surface area contributed by atoms with Crippen molar-refractivity contribution in [2.75, 3.05) is 39.1 Å². The number of halogens is 2. The predicted molar refractivity (Wildman–Crippen MR) is 146 cm³/mol. The fourth-order valence-electron chi connectivity index (χ4n) is 5.70. The lowest BCUT2D eigenvalue weighted by Crippen LogP contribution is -2.42. The van der Waals surface area contributed by atoms with E-state index in [1.807, 2.05) is 18.2 Å². The molecular formula is C28H40ClFN2O2S. The van der Waals surface area contributed by atoms with Crippen molar-refractivity contribution in [3.8, 4) is 5.75 Å². The van der Waals surface area contributed by atoms with Crippen LogP contribution in [-0.4, -0.2) is 59.3 Å². The molecule has 2 heterocycles. The molecule has 2 fully saturated rings. The fraction of sp³-hybridized carbons (Fsp3) is 0.679. The van der Waals surface area contributed by atoms with Crippen molar-refractivity contribution in [2.24, 2.45) is 5.41 Å². The largest absolute Gasteiger partial charge is 0.497 e. The molecule has 0 spiro atoms. The maximum Gasteiger partial charge on any atom is 0.127 e. The van der Waals surface area contributed by atoms with Crippen molar-refractivity contribution in [1.82, 2.24) is 9.88 Å². The Balaban J connectivity index is 1.28. The van der Waals surface area contributed by atoms with Crippen LogP contribution in [0.5, 0.6) is 5.75 Å². The zero-order chi connectivity index (χ0) is 24.7. The lowest BCUT2D eigenvalue weighted by atomic mass is 9.74. The topological polar surface area (TPSA) is 45.6 Å². The fourth-order valence-corrected chi connectivity index (χ4v) is 7.26. The number of aliphatic hydroxyl groups excluding tert-OH is 1. The first-order valence-electron chi connectivity index (χ1n) is 13.2. The molecule has 4 nitrogen and oxygen atoms in total.